The molecule has 5 aromatic rings. The Morgan fingerprint density at radius 3 is 2.50 bits per heavy atom. The molecule has 0 amide bonds. The summed E-state index contributed by atoms with van der Waals surface area (Å²) in [7, 11) is 2.23. The van der Waals surface area contributed by atoms with Gasteiger partial charge in [-0.15, -0.1) is 0 Å². The van der Waals surface area contributed by atoms with Crippen molar-refractivity contribution in [1.82, 2.24) is 4.57 Å². The second-order valence-corrected chi connectivity index (χ2v) is 13.3. The Hall–Kier alpha value is -5.28. The molecule has 2 aliphatic heterocycles. The summed E-state index contributed by atoms with van der Waals surface area (Å²) < 4.78 is 2.43. The minimum absolute atomic E-state index is 0.391. The predicted octanol–water partition coefficient (Wildman–Crippen LogP) is 10.2. The number of fused-ring (bicyclic) bond motifs is 8. The van der Waals surface area contributed by atoms with Crippen LogP contribution in [0.3, 0.4) is 0 Å². The predicted molar refractivity (Wildman–Crippen MR) is 192 cm³/mol. The summed E-state index contributed by atoms with van der Waals surface area (Å²) >= 11 is 0. The molecule has 222 valence electrons. The maximum atomic E-state index is 2.59. The van der Waals surface area contributed by atoms with Gasteiger partial charge in [0.1, 0.15) is 0 Å². The monoisotopic (exact) mass is 593 g/mol. The van der Waals surface area contributed by atoms with Crippen molar-refractivity contribution >= 4 is 38.8 Å². The number of hydrogen-bond acceptors (Lipinski definition) is 2. The summed E-state index contributed by atoms with van der Waals surface area (Å²) in [5.41, 5.74) is 15.0. The first-order valence-electron chi connectivity index (χ1n) is 16.7. The third kappa shape index (κ3) is 3.66. The van der Waals surface area contributed by atoms with E-state index in [0.29, 0.717) is 17.9 Å². The lowest BCUT2D eigenvalue weighted by Gasteiger charge is -2.28. The fourth-order valence-electron chi connectivity index (χ4n) is 8.82. The van der Waals surface area contributed by atoms with E-state index in [1.807, 2.05) is 0 Å². The van der Waals surface area contributed by atoms with Gasteiger partial charge in [0, 0.05) is 58.1 Å². The molecule has 3 atom stereocenters. The van der Waals surface area contributed by atoms with E-state index >= 15 is 0 Å². The lowest BCUT2D eigenvalue weighted by Crippen LogP contribution is -2.28. The quantitative estimate of drug-likeness (QED) is 0.206. The summed E-state index contributed by atoms with van der Waals surface area (Å²) in [6.45, 7) is 0. The summed E-state index contributed by atoms with van der Waals surface area (Å²) in [5.74, 6) is 0.827. The number of aromatic nitrogens is 1. The van der Waals surface area contributed by atoms with Crippen LogP contribution in [0, 0.1) is 5.92 Å². The molecule has 3 heterocycles. The number of rotatable bonds is 3. The molecule has 3 heteroatoms. The largest absolute Gasteiger partial charge is 0.367 e. The van der Waals surface area contributed by atoms with E-state index in [1.165, 1.54) is 72.5 Å². The van der Waals surface area contributed by atoms with E-state index < -0.39 is 0 Å². The molecule has 10 rings (SSSR count). The second kappa shape index (κ2) is 9.86. The maximum absolute atomic E-state index is 2.59. The van der Waals surface area contributed by atoms with Gasteiger partial charge in [0.05, 0.1) is 17.1 Å². The van der Waals surface area contributed by atoms with Crippen LogP contribution >= 0.6 is 0 Å². The SMILES string of the molecule is CN1c2ccc(C3=CC4=C(CC3)N(c3ccc5c6ccccc6n(-c6ccccc6)c5c3)C3=CC=CCC34)cc2C2C=CC=CC21. The van der Waals surface area contributed by atoms with Crippen LogP contribution in [0.1, 0.15) is 36.3 Å². The molecule has 5 aliphatic rings. The number of hydrogen-bond donors (Lipinski definition) is 0. The first kappa shape index (κ1) is 26.0. The van der Waals surface area contributed by atoms with Crippen molar-refractivity contribution in [2.45, 2.75) is 31.2 Å². The zero-order valence-corrected chi connectivity index (χ0v) is 26.0. The van der Waals surface area contributed by atoms with Gasteiger partial charge in [-0.1, -0.05) is 91.1 Å². The highest BCUT2D eigenvalue weighted by Crippen LogP contribution is 2.51. The van der Waals surface area contributed by atoms with Crippen molar-refractivity contribution in [2.75, 3.05) is 16.8 Å². The van der Waals surface area contributed by atoms with E-state index in [2.05, 4.69) is 161 Å². The highest BCUT2D eigenvalue weighted by molar-refractivity contribution is 6.10. The molecule has 0 saturated heterocycles. The number of anilines is 2. The van der Waals surface area contributed by atoms with Crippen LogP contribution in [0.4, 0.5) is 11.4 Å². The van der Waals surface area contributed by atoms with Crippen LogP contribution in [0.15, 0.2) is 157 Å². The first-order chi connectivity index (χ1) is 22.7. The Morgan fingerprint density at radius 2 is 1.57 bits per heavy atom. The van der Waals surface area contributed by atoms with Crippen LogP contribution in [-0.4, -0.2) is 17.7 Å². The number of benzene rings is 4. The maximum Gasteiger partial charge on any atom is 0.0577 e. The first-order valence-corrected chi connectivity index (χ1v) is 16.7. The zero-order valence-electron chi connectivity index (χ0n) is 26.0. The summed E-state index contributed by atoms with van der Waals surface area (Å²) in [6, 6.07) is 34.3. The van der Waals surface area contributed by atoms with Gasteiger partial charge in [0.15, 0.2) is 0 Å². The van der Waals surface area contributed by atoms with Gasteiger partial charge < -0.3 is 14.4 Å². The van der Waals surface area contributed by atoms with E-state index in [1.54, 1.807) is 0 Å². The van der Waals surface area contributed by atoms with Crippen molar-refractivity contribution < 1.29 is 0 Å². The third-order valence-corrected chi connectivity index (χ3v) is 10.9. The Balaban J connectivity index is 1.10. The Kier molecular flexibility index (Phi) is 5.57. The molecule has 3 aliphatic carbocycles. The lowest BCUT2D eigenvalue weighted by molar-refractivity contribution is 0.723. The number of allylic oxidation sites excluding steroid dienone is 9. The molecule has 0 spiro atoms. The zero-order chi connectivity index (χ0) is 30.4. The van der Waals surface area contributed by atoms with E-state index in [-0.39, 0.29) is 0 Å². The highest BCUT2D eigenvalue weighted by atomic mass is 15.2. The second-order valence-electron chi connectivity index (χ2n) is 13.3. The van der Waals surface area contributed by atoms with Crippen molar-refractivity contribution in [3.8, 4) is 5.69 Å². The van der Waals surface area contributed by atoms with Gasteiger partial charge in [-0.3, -0.25) is 0 Å². The molecule has 0 radical (unpaired) electrons. The third-order valence-electron chi connectivity index (χ3n) is 10.9. The molecule has 0 saturated carbocycles. The summed E-state index contributed by atoms with van der Waals surface area (Å²) in [5, 5.41) is 2.59. The average molecular weight is 594 g/mol. The fraction of sp³-hybridized carbons (Fsp3) is 0.163. The van der Waals surface area contributed by atoms with Gasteiger partial charge in [-0.2, -0.15) is 0 Å². The van der Waals surface area contributed by atoms with Gasteiger partial charge in [-0.25, -0.2) is 0 Å². The Labute approximate surface area is 270 Å². The molecular weight excluding hydrogens is 558 g/mol. The Morgan fingerprint density at radius 1 is 0.717 bits per heavy atom. The topological polar surface area (TPSA) is 11.4 Å². The Bertz CT molecular complexity index is 2270. The molecule has 3 unspecified atom stereocenters. The molecule has 3 nitrogen and oxygen atoms in total. The normalized spacial score (nSPS) is 22.7. The van der Waals surface area contributed by atoms with E-state index in [4.69, 9.17) is 0 Å². The van der Waals surface area contributed by atoms with Crippen molar-refractivity contribution in [3.63, 3.8) is 0 Å². The van der Waals surface area contributed by atoms with Crippen LogP contribution in [-0.2, 0) is 0 Å². The van der Waals surface area contributed by atoms with Crippen LogP contribution < -0.4 is 9.80 Å². The molecule has 4 aromatic carbocycles. The van der Waals surface area contributed by atoms with Crippen molar-refractivity contribution in [1.29, 1.82) is 0 Å². The van der Waals surface area contributed by atoms with Gasteiger partial charge in [0.2, 0.25) is 0 Å². The molecule has 1 aromatic heterocycles. The molecule has 46 heavy (non-hydrogen) atoms. The van der Waals surface area contributed by atoms with Gasteiger partial charge >= 0.3 is 0 Å². The minimum atomic E-state index is 0.391. The van der Waals surface area contributed by atoms with Crippen LogP contribution in [0.25, 0.3) is 33.1 Å². The standard InChI is InChI=1S/C43H35N3/c1-44-38-16-8-5-14-33(38)36-25-28(19-23-39(36)44)29-20-24-42-37(26-29)34-15-7-10-18-41(34)46(42)31-21-22-35-32-13-6-9-17-40(32)45(43(35)27-31)30-11-3-2-4-12-30/h2-14,16-19,21-23,25-27,33-34,38H,15,20,24H2,1H3. The molecule has 0 fully saturated rings. The van der Waals surface area contributed by atoms with Crippen LogP contribution in [0.5, 0.6) is 0 Å². The number of para-hydroxylation sites is 2. The van der Waals surface area contributed by atoms with Crippen LogP contribution in [0.2, 0.25) is 0 Å². The summed E-state index contributed by atoms with van der Waals surface area (Å²) in [6.07, 6.45) is 21.8. The van der Waals surface area contributed by atoms with Gasteiger partial charge in [0.25, 0.3) is 0 Å². The lowest BCUT2D eigenvalue weighted by atomic mass is 9.84. The highest BCUT2D eigenvalue weighted by Gasteiger charge is 2.39. The minimum Gasteiger partial charge on any atom is -0.367 e. The molecular formula is C43H35N3. The summed E-state index contributed by atoms with van der Waals surface area (Å²) in [4.78, 5) is 5.03. The smallest absolute Gasteiger partial charge is 0.0577 e. The molecule has 0 N–H and O–H groups in total. The number of nitrogens with zero attached hydrogens (tertiary/aromatic N) is 3. The van der Waals surface area contributed by atoms with Crippen molar-refractivity contribution in [3.05, 3.63) is 168 Å². The van der Waals surface area contributed by atoms with Crippen molar-refractivity contribution in [2.24, 2.45) is 5.92 Å². The fourth-order valence-corrected chi connectivity index (χ4v) is 8.82. The van der Waals surface area contributed by atoms with Gasteiger partial charge in [-0.05, 0) is 90.1 Å². The average Bonchev–Trinajstić information content (AvgIpc) is 3.73. The van der Waals surface area contributed by atoms with E-state index in [0.717, 1.165) is 19.3 Å². The number of likely N-dealkylation sites (N-methyl/N-ethyl adjacent to an activating group) is 1. The molecule has 0 bridgehead atoms. The van der Waals surface area contributed by atoms with E-state index in [9.17, 15) is 0 Å².